The number of likely N-dealkylation sites (tertiary alicyclic amines) is 1. The van der Waals surface area contributed by atoms with Crippen molar-refractivity contribution >= 4 is 11.5 Å². The summed E-state index contributed by atoms with van der Waals surface area (Å²) in [6.45, 7) is 12.9. The van der Waals surface area contributed by atoms with Gasteiger partial charge in [-0.25, -0.2) is 0 Å². The average molecular weight is 302 g/mol. The van der Waals surface area contributed by atoms with Gasteiger partial charge in [0.1, 0.15) is 5.82 Å². The predicted molar refractivity (Wildman–Crippen MR) is 95.2 cm³/mol. The van der Waals surface area contributed by atoms with Crippen LogP contribution in [0.2, 0.25) is 0 Å². The fourth-order valence-corrected chi connectivity index (χ4v) is 2.94. The molecule has 2 rings (SSSR count). The van der Waals surface area contributed by atoms with Crippen molar-refractivity contribution in [3.63, 3.8) is 0 Å². The molecule has 1 aliphatic heterocycles. The van der Waals surface area contributed by atoms with Crippen LogP contribution in [0, 0.1) is 19.3 Å². The first-order valence-electron chi connectivity index (χ1n) is 8.08. The summed E-state index contributed by atoms with van der Waals surface area (Å²) in [6, 6.07) is 4.57. The third-order valence-corrected chi connectivity index (χ3v) is 4.27. The Morgan fingerprint density at radius 3 is 2.32 bits per heavy atom. The van der Waals surface area contributed by atoms with Crippen LogP contribution in [0.15, 0.2) is 23.2 Å². The van der Waals surface area contributed by atoms with Crippen molar-refractivity contribution in [3.05, 3.63) is 29.6 Å². The van der Waals surface area contributed by atoms with E-state index in [9.17, 15) is 0 Å². The summed E-state index contributed by atoms with van der Waals surface area (Å²) in [7, 11) is 2.16. The molecule has 0 bridgehead atoms. The molecule has 4 nitrogen and oxygen atoms in total. The molecule has 0 aromatic carbocycles. The van der Waals surface area contributed by atoms with Gasteiger partial charge in [0.15, 0.2) is 0 Å². The number of aryl methyl sites for hydroxylation is 2. The van der Waals surface area contributed by atoms with Crippen molar-refractivity contribution < 1.29 is 0 Å². The Morgan fingerprint density at radius 2 is 1.86 bits per heavy atom. The first-order chi connectivity index (χ1) is 10.2. The van der Waals surface area contributed by atoms with Crippen LogP contribution in [0.5, 0.6) is 0 Å². The quantitative estimate of drug-likeness (QED) is 0.872. The normalized spacial score (nSPS) is 21.6. The summed E-state index contributed by atoms with van der Waals surface area (Å²) in [5.41, 5.74) is 9.75. The van der Waals surface area contributed by atoms with Gasteiger partial charge in [-0.2, -0.15) is 0 Å². The molecule has 4 heteroatoms. The number of nitrogens with two attached hydrogens (primary N) is 1. The smallest absolute Gasteiger partial charge is 0.109 e. The number of nitrogens with zero attached hydrogens (tertiary/aromatic N) is 3. The lowest BCUT2D eigenvalue weighted by atomic mass is 9.89. The van der Waals surface area contributed by atoms with Crippen LogP contribution in [0.3, 0.4) is 0 Å². The highest BCUT2D eigenvalue weighted by molar-refractivity contribution is 6.02. The Kier molecular flexibility index (Phi) is 4.81. The molecular weight excluding hydrogens is 272 g/mol. The summed E-state index contributed by atoms with van der Waals surface area (Å²) in [4.78, 5) is 7.35. The van der Waals surface area contributed by atoms with E-state index in [1.807, 2.05) is 0 Å². The SMILES string of the molecule is Cc1ccc(C)n1/C(N)=C/C(=N[C@H]1CCN(C)C1)C(C)(C)C. The molecule has 22 heavy (non-hydrogen) atoms. The summed E-state index contributed by atoms with van der Waals surface area (Å²) in [6.07, 6.45) is 3.18. The number of aliphatic imine (C=N–C) groups is 1. The molecular formula is C18H30N4. The van der Waals surface area contributed by atoms with Crippen molar-refractivity contribution in [3.8, 4) is 0 Å². The van der Waals surface area contributed by atoms with Crippen LogP contribution in [-0.2, 0) is 0 Å². The lowest BCUT2D eigenvalue weighted by Crippen LogP contribution is -2.24. The summed E-state index contributed by atoms with van der Waals surface area (Å²) >= 11 is 0. The monoisotopic (exact) mass is 302 g/mol. The van der Waals surface area contributed by atoms with E-state index >= 15 is 0 Å². The molecule has 0 radical (unpaired) electrons. The minimum atomic E-state index is -0.0132. The van der Waals surface area contributed by atoms with Gasteiger partial charge >= 0.3 is 0 Å². The Balaban J connectivity index is 2.35. The lowest BCUT2D eigenvalue weighted by molar-refractivity contribution is 0.411. The van der Waals surface area contributed by atoms with E-state index in [1.54, 1.807) is 0 Å². The molecule has 0 amide bonds. The first kappa shape index (κ1) is 16.8. The van der Waals surface area contributed by atoms with Crippen molar-refractivity contribution in [2.24, 2.45) is 16.1 Å². The average Bonchev–Trinajstić information content (AvgIpc) is 2.94. The van der Waals surface area contributed by atoms with Crippen LogP contribution in [-0.4, -0.2) is 41.4 Å². The van der Waals surface area contributed by atoms with E-state index in [0.29, 0.717) is 6.04 Å². The first-order valence-corrected chi connectivity index (χ1v) is 8.08. The summed E-state index contributed by atoms with van der Waals surface area (Å²) < 4.78 is 2.09. The molecule has 0 spiro atoms. The maximum Gasteiger partial charge on any atom is 0.109 e. The molecule has 2 N–H and O–H groups in total. The molecule has 0 unspecified atom stereocenters. The van der Waals surface area contributed by atoms with Crippen LogP contribution in [0.4, 0.5) is 0 Å². The molecule has 2 heterocycles. The van der Waals surface area contributed by atoms with Crippen LogP contribution < -0.4 is 5.73 Å². The number of rotatable bonds is 3. The van der Waals surface area contributed by atoms with Gasteiger partial charge in [-0.05, 0) is 46.0 Å². The Bertz CT molecular complexity index is 567. The number of aromatic nitrogens is 1. The zero-order valence-corrected chi connectivity index (χ0v) is 14.8. The van der Waals surface area contributed by atoms with Gasteiger partial charge in [0.25, 0.3) is 0 Å². The predicted octanol–water partition coefficient (Wildman–Crippen LogP) is 3.05. The molecule has 0 aliphatic carbocycles. The van der Waals surface area contributed by atoms with Gasteiger partial charge in [0, 0.05) is 35.1 Å². The van der Waals surface area contributed by atoms with Gasteiger partial charge in [-0.3, -0.25) is 4.99 Å². The summed E-state index contributed by atoms with van der Waals surface area (Å²) in [5, 5.41) is 0. The Labute approximate surface area is 134 Å². The zero-order chi connectivity index (χ0) is 16.5. The molecule has 1 saturated heterocycles. The standard InChI is InChI=1S/C18H30N4/c1-13-7-8-14(2)22(13)17(19)11-16(18(3,4)5)20-15-9-10-21(6)12-15/h7-8,11,15H,9-10,12,19H2,1-6H3/b17-11+,20-16?/t15-/m0/s1. The van der Waals surface area contributed by atoms with Crippen molar-refractivity contribution in [2.45, 2.75) is 47.1 Å². The fraction of sp³-hybridized carbons (Fsp3) is 0.611. The highest BCUT2D eigenvalue weighted by Gasteiger charge is 2.23. The third kappa shape index (κ3) is 3.80. The highest BCUT2D eigenvalue weighted by atomic mass is 15.1. The van der Waals surface area contributed by atoms with Crippen LogP contribution in [0.25, 0.3) is 5.82 Å². The lowest BCUT2D eigenvalue weighted by Gasteiger charge is -2.22. The van der Waals surface area contributed by atoms with E-state index in [-0.39, 0.29) is 5.41 Å². The topological polar surface area (TPSA) is 46.6 Å². The van der Waals surface area contributed by atoms with Crippen LogP contribution in [0.1, 0.15) is 38.6 Å². The fourth-order valence-electron chi connectivity index (χ4n) is 2.94. The van der Waals surface area contributed by atoms with E-state index < -0.39 is 0 Å². The molecule has 0 saturated carbocycles. The maximum absolute atomic E-state index is 6.37. The van der Waals surface area contributed by atoms with Crippen molar-refractivity contribution in [1.82, 2.24) is 9.47 Å². The van der Waals surface area contributed by atoms with Gasteiger partial charge in [-0.1, -0.05) is 20.8 Å². The Morgan fingerprint density at radius 1 is 1.27 bits per heavy atom. The molecule has 1 aromatic heterocycles. The minimum Gasteiger partial charge on any atom is -0.385 e. The van der Waals surface area contributed by atoms with E-state index in [1.165, 1.54) is 0 Å². The third-order valence-electron chi connectivity index (χ3n) is 4.27. The van der Waals surface area contributed by atoms with Gasteiger partial charge < -0.3 is 15.2 Å². The number of hydrogen-bond donors (Lipinski definition) is 1. The second-order valence-corrected chi connectivity index (χ2v) is 7.49. The van der Waals surface area contributed by atoms with Crippen molar-refractivity contribution in [1.29, 1.82) is 0 Å². The molecule has 1 aliphatic rings. The van der Waals surface area contributed by atoms with Crippen LogP contribution >= 0.6 is 0 Å². The number of likely N-dealkylation sites (N-methyl/N-ethyl adjacent to an activating group) is 1. The van der Waals surface area contributed by atoms with Gasteiger partial charge in [0.2, 0.25) is 0 Å². The highest BCUT2D eigenvalue weighted by Crippen LogP contribution is 2.22. The largest absolute Gasteiger partial charge is 0.385 e. The zero-order valence-electron chi connectivity index (χ0n) is 14.8. The minimum absolute atomic E-state index is 0.0132. The van der Waals surface area contributed by atoms with E-state index in [0.717, 1.165) is 42.4 Å². The second-order valence-electron chi connectivity index (χ2n) is 7.49. The molecule has 122 valence electrons. The van der Waals surface area contributed by atoms with Crippen molar-refractivity contribution in [2.75, 3.05) is 20.1 Å². The second kappa shape index (κ2) is 6.29. The maximum atomic E-state index is 6.37. The molecule has 1 aromatic rings. The van der Waals surface area contributed by atoms with Gasteiger partial charge in [0.05, 0.1) is 6.04 Å². The molecule has 1 atom stereocenters. The summed E-state index contributed by atoms with van der Waals surface area (Å²) in [5.74, 6) is 0.750. The Hall–Kier alpha value is -1.55. The number of allylic oxidation sites excluding steroid dienone is 1. The van der Waals surface area contributed by atoms with E-state index in [2.05, 4.69) is 69.3 Å². The van der Waals surface area contributed by atoms with Gasteiger partial charge in [-0.15, -0.1) is 0 Å². The van der Waals surface area contributed by atoms with E-state index in [4.69, 9.17) is 10.7 Å². The molecule has 1 fully saturated rings. The number of hydrogen-bond acceptors (Lipinski definition) is 3.